The number of allylic oxidation sites excluding steroid dienone is 1. The Morgan fingerprint density at radius 1 is 1.27 bits per heavy atom. The molecule has 2 heterocycles. The number of nitrogens with one attached hydrogen (secondary N) is 1. The smallest absolute Gasteiger partial charge is 0.338 e. The summed E-state index contributed by atoms with van der Waals surface area (Å²) in [6.45, 7) is 3.71. The van der Waals surface area contributed by atoms with Crippen molar-refractivity contribution in [2.75, 3.05) is 19.0 Å². The molecule has 1 aliphatic heterocycles. The second-order valence-electron chi connectivity index (χ2n) is 7.23. The van der Waals surface area contributed by atoms with Gasteiger partial charge in [-0.3, -0.25) is 9.36 Å². The van der Waals surface area contributed by atoms with Gasteiger partial charge in [-0.25, -0.2) is 9.79 Å². The largest absolute Gasteiger partial charge is 0.497 e. The van der Waals surface area contributed by atoms with Crippen molar-refractivity contribution in [3.05, 3.63) is 90.1 Å². The molecule has 33 heavy (non-hydrogen) atoms. The minimum absolute atomic E-state index is 0.218. The van der Waals surface area contributed by atoms with Crippen LogP contribution in [0.4, 0.5) is 5.69 Å². The Morgan fingerprint density at radius 3 is 2.73 bits per heavy atom. The van der Waals surface area contributed by atoms with Gasteiger partial charge in [0.15, 0.2) is 4.80 Å². The molecular weight excluding hydrogens is 462 g/mol. The molecule has 0 saturated carbocycles. The molecule has 0 saturated heterocycles. The zero-order valence-corrected chi connectivity index (χ0v) is 19.9. The maximum Gasteiger partial charge on any atom is 0.338 e. The Balaban J connectivity index is 1.87. The maximum atomic E-state index is 13.5. The van der Waals surface area contributed by atoms with E-state index in [4.69, 9.17) is 21.1 Å². The number of thiazole rings is 1. The van der Waals surface area contributed by atoms with Gasteiger partial charge >= 0.3 is 5.97 Å². The van der Waals surface area contributed by atoms with Crippen LogP contribution in [0.5, 0.6) is 5.75 Å². The summed E-state index contributed by atoms with van der Waals surface area (Å²) in [5, 5.41) is 3.75. The van der Waals surface area contributed by atoms with Crippen molar-refractivity contribution in [1.82, 2.24) is 4.57 Å². The monoisotopic (exact) mass is 483 g/mol. The molecule has 1 aromatic heterocycles. The summed E-state index contributed by atoms with van der Waals surface area (Å²) in [5.74, 6) is 0.122. The van der Waals surface area contributed by atoms with E-state index in [0.29, 0.717) is 31.4 Å². The highest BCUT2D eigenvalue weighted by Crippen LogP contribution is 2.32. The Labute approximate surface area is 199 Å². The third-order valence-corrected chi connectivity index (χ3v) is 6.38. The summed E-state index contributed by atoms with van der Waals surface area (Å²) < 4.78 is 12.7. The summed E-state index contributed by atoms with van der Waals surface area (Å²) in [5.41, 5.74) is 2.10. The molecular formula is C24H22ClN3O4S. The Morgan fingerprint density at radius 2 is 2.03 bits per heavy atom. The molecule has 0 spiro atoms. The van der Waals surface area contributed by atoms with Gasteiger partial charge in [-0.05, 0) is 55.8 Å². The summed E-state index contributed by atoms with van der Waals surface area (Å²) in [7, 11) is 1.57. The lowest BCUT2D eigenvalue weighted by Crippen LogP contribution is -2.40. The van der Waals surface area contributed by atoms with E-state index >= 15 is 0 Å². The van der Waals surface area contributed by atoms with Crippen LogP contribution in [-0.4, -0.2) is 24.3 Å². The van der Waals surface area contributed by atoms with Crippen molar-refractivity contribution < 1.29 is 14.3 Å². The van der Waals surface area contributed by atoms with Crippen molar-refractivity contribution in [3.8, 4) is 5.75 Å². The van der Waals surface area contributed by atoms with Gasteiger partial charge in [0.1, 0.15) is 10.3 Å². The lowest BCUT2D eigenvalue weighted by atomic mass is 9.95. The van der Waals surface area contributed by atoms with Crippen LogP contribution in [0.1, 0.15) is 25.5 Å². The van der Waals surface area contributed by atoms with Gasteiger partial charge in [0, 0.05) is 16.9 Å². The average molecular weight is 484 g/mol. The van der Waals surface area contributed by atoms with E-state index in [2.05, 4.69) is 10.3 Å². The predicted molar refractivity (Wildman–Crippen MR) is 129 cm³/mol. The number of rotatable bonds is 6. The van der Waals surface area contributed by atoms with Crippen LogP contribution in [0.25, 0.3) is 6.20 Å². The lowest BCUT2D eigenvalue weighted by molar-refractivity contribution is -0.139. The molecule has 0 bridgehead atoms. The van der Waals surface area contributed by atoms with E-state index in [0.717, 1.165) is 11.3 Å². The molecule has 1 N–H and O–H groups in total. The van der Waals surface area contributed by atoms with Crippen molar-refractivity contribution in [2.24, 2.45) is 4.99 Å². The number of ether oxygens (including phenoxy) is 2. The van der Waals surface area contributed by atoms with Crippen LogP contribution < -0.4 is 24.9 Å². The number of carbonyl (C=O) groups excluding carboxylic acids is 1. The molecule has 7 nitrogen and oxygen atoms in total. The van der Waals surface area contributed by atoms with Gasteiger partial charge in [-0.2, -0.15) is 0 Å². The van der Waals surface area contributed by atoms with Gasteiger partial charge in [0.05, 0.1) is 31.0 Å². The summed E-state index contributed by atoms with van der Waals surface area (Å²) in [4.78, 5) is 31.4. The minimum atomic E-state index is -0.687. The number of halogens is 1. The first-order chi connectivity index (χ1) is 15.9. The van der Waals surface area contributed by atoms with Crippen LogP contribution in [0.2, 0.25) is 5.02 Å². The number of carbonyl (C=O) groups is 1. The molecule has 0 aliphatic carbocycles. The minimum Gasteiger partial charge on any atom is -0.497 e. The number of nitrogens with zero attached hydrogens (tertiary/aromatic N) is 2. The molecule has 0 fully saturated rings. The van der Waals surface area contributed by atoms with Crippen LogP contribution in [0.3, 0.4) is 0 Å². The van der Waals surface area contributed by atoms with E-state index in [9.17, 15) is 9.59 Å². The SMILES string of the molecule is CCOC(=O)C1=C(C)N=c2s/c(=C/Nc3ccc(Cl)cc3)c(=O)n2C1c1cccc(OC)c1. The Kier molecular flexibility index (Phi) is 6.67. The normalized spacial score (nSPS) is 15.6. The number of hydrogen-bond donors (Lipinski definition) is 1. The Hall–Kier alpha value is -3.36. The average Bonchev–Trinajstić information content (AvgIpc) is 3.12. The van der Waals surface area contributed by atoms with Crippen molar-refractivity contribution in [1.29, 1.82) is 0 Å². The van der Waals surface area contributed by atoms with Gasteiger partial charge in [-0.1, -0.05) is 35.1 Å². The molecule has 3 aromatic rings. The molecule has 170 valence electrons. The summed E-state index contributed by atoms with van der Waals surface area (Å²) >= 11 is 7.19. The second-order valence-corrected chi connectivity index (χ2v) is 8.68. The van der Waals surface area contributed by atoms with Crippen LogP contribution in [0.15, 0.2) is 69.6 Å². The van der Waals surface area contributed by atoms with Gasteiger partial charge in [0.2, 0.25) is 0 Å². The predicted octanol–water partition coefficient (Wildman–Crippen LogP) is 3.48. The van der Waals surface area contributed by atoms with E-state index in [1.165, 1.54) is 15.9 Å². The maximum absolute atomic E-state index is 13.5. The zero-order valence-electron chi connectivity index (χ0n) is 18.3. The number of methoxy groups -OCH3 is 1. The highest BCUT2D eigenvalue weighted by molar-refractivity contribution is 7.07. The van der Waals surface area contributed by atoms with Crippen LogP contribution >= 0.6 is 22.9 Å². The van der Waals surface area contributed by atoms with Crippen molar-refractivity contribution in [2.45, 2.75) is 19.9 Å². The summed E-state index contributed by atoms with van der Waals surface area (Å²) in [6.07, 6.45) is 1.64. The standard InChI is InChI=1S/C24H22ClN3O4S/c1-4-32-23(30)20-14(2)27-24-28(21(20)15-6-5-7-18(12-15)31-3)22(29)19(33-24)13-26-17-10-8-16(25)9-11-17/h5-13,21,26H,4H2,1-3H3/b19-13+. The number of aromatic nitrogens is 1. The molecule has 9 heteroatoms. The van der Waals surface area contributed by atoms with Gasteiger partial charge < -0.3 is 14.8 Å². The number of fused-ring (bicyclic) bond motifs is 1. The fourth-order valence-electron chi connectivity index (χ4n) is 3.61. The van der Waals surface area contributed by atoms with Gasteiger partial charge in [-0.15, -0.1) is 0 Å². The van der Waals surface area contributed by atoms with E-state index in [-0.39, 0.29) is 12.2 Å². The fourth-order valence-corrected chi connectivity index (χ4v) is 4.71. The molecule has 2 aromatic carbocycles. The first kappa shape index (κ1) is 22.8. The second kappa shape index (κ2) is 9.64. The number of hydrogen-bond acceptors (Lipinski definition) is 7. The Bertz CT molecular complexity index is 1410. The molecule has 1 aliphatic rings. The summed E-state index contributed by atoms with van der Waals surface area (Å²) in [6, 6.07) is 13.8. The van der Waals surface area contributed by atoms with E-state index in [1.54, 1.807) is 39.3 Å². The molecule has 1 unspecified atom stereocenters. The first-order valence-electron chi connectivity index (χ1n) is 10.3. The molecule has 1 atom stereocenters. The fraction of sp³-hybridized carbons (Fsp3) is 0.208. The number of esters is 1. The lowest BCUT2D eigenvalue weighted by Gasteiger charge is -2.24. The molecule has 4 rings (SSSR count). The third-order valence-electron chi connectivity index (χ3n) is 5.14. The first-order valence-corrected chi connectivity index (χ1v) is 11.5. The van der Waals surface area contributed by atoms with Crippen molar-refractivity contribution >= 4 is 40.8 Å². The molecule has 0 amide bonds. The quantitative estimate of drug-likeness (QED) is 0.543. The third kappa shape index (κ3) is 4.58. The number of benzene rings is 2. The molecule has 0 radical (unpaired) electrons. The number of anilines is 1. The van der Waals surface area contributed by atoms with Crippen LogP contribution in [0, 0.1) is 0 Å². The zero-order chi connectivity index (χ0) is 23.5. The van der Waals surface area contributed by atoms with Crippen LogP contribution in [-0.2, 0) is 9.53 Å². The van der Waals surface area contributed by atoms with Gasteiger partial charge in [0.25, 0.3) is 5.56 Å². The highest BCUT2D eigenvalue weighted by atomic mass is 35.5. The van der Waals surface area contributed by atoms with Crippen molar-refractivity contribution in [3.63, 3.8) is 0 Å². The van der Waals surface area contributed by atoms with E-state index in [1.807, 2.05) is 36.4 Å². The highest BCUT2D eigenvalue weighted by Gasteiger charge is 2.33. The topological polar surface area (TPSA) is 81.9 Å². The van der Waals surface area contributed by atoms with E-state index < -0.39 is 12.0 Å².